The third-order valence-corrected chi connectivity index (χ3v) is 7.68. The van der Waals surface area contributed by atoms with Gasteiger partial charge in [-0.2, -0.15) is 4.68 Å². The fraction of sp³-hybridized carbons (Fsp3) is 0.458. The number of ether oxygens (including phenoxy) is 3. The summed E-state index contributed by atoms with van der Waals surface area (Å²) < 4.78 is 43.7. The highest BCUT2D eigenvalue weighted by atomic mass is 31.2. The van der Waals surface area contributed by atoms with E-state index in [1.807, 2.05) is 6.07 Å². The average Bonchev–Trinajstić information content (AvgIpc) is 3.55. The minimum absolute atomic E-state index is 0.208. The normalized spacial score (nSPS) is 24.7. The molecule has 13 nitrogen and oxygen atoms in total. The van der Waals surface area contributed by atoms with Gasteiger partial charge < -0.3 is 28.6 Å². The molecule has 2 aliphatic heterocycles. The Morgan fingerprint density at radius 1 is 1.13 bits per heavy atom. The first-order chi connectivity index (χ1) is 18.2. The van der Waals surface area contributed by atoms with E-state index in [0.29, 0.717) is 11.2 Å². The van der Waals surface area contributed by atoms with Crippen LogP contribution >= 0.6 is 7.60 Å². The van der Waals surface area contributed by atoms with E-state index in [0.717, 1.165) is 0 Å². The van der Waals surface area contributed by atoms with Gasteiger partial charge in [0.15, 0.2) is 29.0 Å². The van der Waals surface area contributed by atoms with Crippen molar-refractivity contribution in [3.8, 4) is 0 Å². The van der Waals surface area contributed by atoms with Gasteiger partial charge in [0, 0.05) is 11.4 Å². The summed E-state index contributed by atoms with van der Waals surface area (Å²) in [5.74, 6) is 0.356. The Morgan fingerprint density at radius 2 is 1.84 bits per heavy atom. The van der Waals surface area contributed by atoms with E-state index in [-0.39, 0.29) is 30.5 Å². The lowest BCUT2D eigenvalue weighted by Crippen LogP contribution is -2.28. The number of nitrogens with one attached hydrogen (secondary N) is 1. The Hall–Kier alpha value is -3.06. The Kier molecular flexibility index (Phi) is 7.40. The smallest absolute Gasteiger partial charge is 0.343 e. The maximum Gasteiger partial charge on any atom is 0.353 e. The number of aromatic nitrogens is 5. The summed E-state index contributed by atoms with van der Waals surface area (Å²) in [6.07, 6.45) is 0.352. The summed E-state index contributed by atoms with van der Waals surface area (Å²) in [5.41, 5.74) is 1.09. The minimum Gasteiger partial charge on any atom is -0.343 e. The Balaban J connectivity index is 1.44. The molecule has 1 N–H and O–H groups in total. The first kappa shape index (κ1) is 26.5. The van der Waals surface area contributed by atoms with E-state index < -0.39 is 37.9 Å². The molecule has 0 unspecified atom stereocenters. The van der Waals surface area contributed by atoms with Gasteiger partial charge in [-0.05, 0) is 45.9 Å². The zero-order valence-electron chi connectivity index (χ0n) is 21.4. The molecule has 2 saturated heterocycles. The number of amides is 1. The summed E-state index contributed by atoms with van der Waals surface area (Å²) in [4.78, 5) is 21.2. The molecule has 4 atom stereocenters. The second-order valence-electron chi connectivity index (χ2n) is 9.02. The number of carbonyl (C=O) groups excluding carboxylic acids is 1. The number of hydrogen-bond donors (Lipinski definition) is 1. The Morgan fingerprint density at radius 3 is 2.55 bits per heavy atom. The van der Waals surface area contributed by atoms with Gasteiger partial charge in [0.2, 0.25) is 0 Å². The van der Waals surface area contributed by atoms with E-state index in [4.69, 9.17) is 23.3 Å². The van der Waals surface area contributed by atoms with Crippen molar-refractivity contribution in [1.82, 2.24) is 25.0 Å². The second kappa shape index (κ2) is 10.6. The van der Waals surface area contributed by atoms with Crippen LogP contribution in [-0.2, 0) is 27.8 Å². The maximum atomic E-state index is 13.0. The van der Waals surface area contributed by atoms with Crippen LogP contribution in [0, 0.1) is 0 Å². The number of fused-ring (bicyclic) bond motifs is 2. The van der Waals surface area contributed by atoms with Crippen molar-refractivity contribution >= 4 is 30.5 Å². The van der Waals surface area contributed by atoms with Crippen molar-refractivity contribution in [2.75, 3.05) is 18.5 Å². The number of nitrogens with zero attached hydrogens (tertiary/aromatic N) is 5. The van der Waals surface area contributed by atoms with Gasteiger partial charge >= 0.3 is 7.60 Å². The molecule has 2 aromatic heterocycles. The van der Waals surface area contributed by atoms with Crippen LogP contribution in [0.1, 0.15) is 44.3 Å². The van der Waals surface area contributed by atoms with E-state index in [1.165, 1.54) is 16.8 Å². The molecule has 0 saturated carbocycles. The van der Waals surface area contributed by atoms with Crippen LogP contribution in [0.3, 0.4) is 0 Å². The van der Waals surface area contributed by atoms with E-state index in [9.17, 15) is 9.36 Å². The molecule has 1 aromatic carbocycles. The fourth-order valence-corrected chi connectivity index (χ4v) is 5.78. The van der Waals surface area contributed by atoms with Gasteiger partial charge in [-0.15, -0.1) is 5.10 Å². The monoisotopic (exact) mass is 544 g/mol. The predicted octanol–water partition coefficient (Wildman–Crippen LogP) is 3.67. The zero-order chi connectivity index (χ0) is 26.9. The number of carbonyl (C=O) groups is 1. The average molecular weight is 545 g/mol. The maximum absolute atomic E-state index is 13.0. The summed E-state index contributed by atoms with van der Waals surface area (Å²) in [6, 6.07) is 8.75. The molecular weight excluding hydrogens is 515 g/mol. The van der Waals surface area contributed by atoms with Crippen molar-refractivity contribution < 1.29 is 32.6 Å². The van der Waals surface area contributed by atoms with Crippen LogP contribution in [0.2, 0.25) is 0 Å². The van der Waals surface area contributed by atoms with Crippen LogP contribution in [0.5, 0.6) is 0 Å². The van der Waals surface area contributed by atoms with Crippen molar-refractivity contribution in [2.24, 2.45) is 0 Å². The van der Waals surface area contributed by atoms with Gasteiger partial charge in [0.25, 0.3) is 5.91 Å². The standard InChI is InChI=1S/C24H29N6O7P/c1-5-33-38(32,34-6-2)13-12-16-18-19(37-24(3,4)36-18)23(35-16)30-21-17(28-29-30)20(25-14-26-21)27-22(31)15-10-8-7-9-11-15/h7-14,16,18-19,23H,5-6H2,1-4H3,(H,25,26,27,31)/t16-,18-,19-,23-/m1/s1. The first-order valence-corrected chi connectivity index (χ1v) is 13.9. The molecule has 0 radical (unpaired) electrons. The molecule has 14 heteroatoms. The molecule has 5 rings (SSSR count). The van der Waals surface area contributed by atoms with Crippen molar-refractivity contribution in [1.29, 1.82) is 0 Å². The summed E-state index contributed by atoms with van der Waals surface area (Å²) in [5, 5.41) is 11.2. The van der Waals surface area contributed by atoms with Gasteiger partial charge in [0.1, 0.15) is 24.6 Å². The van der Waals surface area contributed by atoms with Crippen molar-refractivity contribution in [2.45, 2.75) is 58.0 Å². The molecular formula is C24H29N6O7P. The molecule has 2 fully saturated rings. The second-order valence-corrected chi connectivity index (χ2v) is 10.9. The lowest BCUT2D eigenvalue weighted by molar-refractivity contribution is -0.192. The molecule has 0 spiro atoms. The van der Waals surface area contributed by atoms with Gasteiger partial charge in [-0.3, -0.25) is 9.36 Å². The van der Waals surface area contributed by atoms with Gasteiger partial charge in [0.05, 0.1) is 13.2 Å². The topological polar surface area (TPSA) is 149 Å². The van der Waals surface area contributed by atoms with Crippen LogP contribution < -0.4 is 5.32 Å². The summed E-state index contributed by atoms with van der Waals surface area (Å²) >= 11 is 0. The molecule has 0 aliphatic carbocycles. The number of anilines is 1. The molecule has 38 heavy (non-hydrogen) atoms. The highest BCUT2D eigenvalue weighted by Crippen LogP contribution is 2.51. The SMILES string of the molecule is CCOP(=O)(C=C[C@H]1O[C@@H](n2nnc3c(NC(=O)c4ccccc4)ncnc32)[C@@H]2OC(C)(C)O[C@@H]21)OCC. The number of rotatable bonds is 9. The molecule has 1 amide bonds. The fourth-order valence-electron chi connectivity index (χ4n) is 4.43. The van der Waals surface area contributed by atoms with Crippen molar-refractivity contribution in [3.63, 3.8) is 0 Å². The van der Waals surface area contributed by atoms with Crippen LogP contribution in [0.4, 0.5) is 5.82 Å². The largest absolute Gasteiger partial charge is 0.353 e. The van der Waals surface area contributed by atoms with Crippen LogP contribution in [0.15, 0.2) is 48.6 Å². The third kappa shape index (κ3) is 5.26. The van der Waals surface area contributed by atoms with Gasteiger partial charge in [-0.25, -0.2) is 9.97 Å². The highest BCUT2D eigenvalue weighted by molar-refractivity contribution is 7.57. The Bertz CT molecular complexity index is 1370. The highest BCUT2D eigenvalue weighted by Gasteiger charge is 2.56. The summed E-state index contributed by atoms with van der Waals surface area (Å²) in [6.45, 7) is 7.52. The Labute approximate surface area is 219 Å². The molecule has 4 heterocycles. The van der Waals surface area contributed by atoms with Crippen LogP contribution in [-0.4, -0.2) is 68.2 Å². The number of benzene rings is 1. The van der Waals surface area contributed by atoms with E-state index in [1.54, 1.807) is 58.0 Å². The predicted molar refractivity (Wildman–Crippen MR) is 135 cm³/mol. The third-order valence-electron chi connectivity index (χ3n) is 5.91. The lowest BCUT2D eigenvalue weighted by Gasteiger charge is -2.23. The number of hydrogen-bond acceptors (Lipinski definition) is 11. The van der Waals surface area contributed by atoms with E-state index >= 15 is 0 Å². The minimum atomic E-state index is -3.46. The van der Waals surface area contributed by atoms with E-state index in [2.05, 4.69) is 25.6 Å². The first-order valence-electron chi connectivity index (χ1n) is 12.2. The van der Waals surface area contributed by atoms with Crippen LogP contribution in [0.25, 0.3) is 11.2 Å². The van der Waals surface area contributed by atoms with Crippen molar-refractivity contribution in [3.05, 3.63) is 54.1 Å². The zero-order valence-corrected chi connectivity index (χ0v) is 22.3. The molecule has 3 aromatic rings. The summed E-state index contributed by atoms with van der Waals surface area (Å²) in [7, 11) is -3.46. The lowest BCUT2D eigenvalue weighted by atomic mass is 10.1. The quantitative estimate of drug-likeness (QED) is 0.393. The van der Waals surface area contributed by atoms with Gasteiger partial charge in [-0.1, -0.05) is 23.4 Å². The molecule has 202 valence electrons. The molecule has 0 bridgehead atoms. The molecule has 2 aliphatic rings.